The van der Waals surface area contributed by atoms with Crippen LogP contribution in [0.4, 0.5) is 10.5 Å². The fraction of sp³-hybridized carbons (Fsp3) is 0.364. The normalized spacial score (nSPS) is 12.1. The number of carbonyl (C=O) groups excluding carboxylic acids is 1. The summed E-state index contributed by atoms with van der Waals surface area (Å²) in [5.41, 5.74) is 0.611. The predicted octanol–water partition coefficient (Wildman–Crippen LogP) is 2.95. The largest absolute Gasteiger partial charge is 0.394 e. The Morgan fingerprint density at radius 3 is 2.82 bits per heavy atom. The first-order valence-corrected chi connectivity index (χ1v) is 6.22. The maximum absolute atomic E-state index is 11.8. The maximum Gasteiger partial charge on any atom is 0.321 e. The number of aliphatic hydroxyl groups is 1. The van der Waals surface area contributed by atoms with Gasteiger partial charge in [-0.2, -0.15) is 0 Å². The molecule has 0 aliphatic rings. The molecule has 94 valence electrons. The molecule has 0 radical (unpaired) electrons. The van der Waals surface area contributed by atoms with Crippen molar-refractivity contribution >= 4 is 39.2 Å². The van der Waals surface area contributed by atoms with Gasteiger partial charge in [0.15, 0.2) is 0 Å². The van der Waals surface area contributed by atoms with Crippen LogP contribution in [-0.4, -0.2) is 35.7 Å². The van der Waals surface area contributed by atoms with E-state index in [0.717, 1.165) is 4.47 Å². The van der Waals surface area contributed by atoms with Gasteiger partial charge in [0.05, 0.1) is 17.7 Å². The summed E-state index contributed by atoms with van der Waals surface area (Å²) < 4.78 is 0.772. The van der Waals surface area contributed by atoms with Crippen LogP contribution in [0.2, 0.25) is 5.02 Å². The molecule has 1 aromatic rings. The van der Waals surface area contributed by atoms with Crippen LogP contribution in [0.25, 0.3) is 0 Å². The lowest BCUT2D eigenvalue weighted by Crippen LogP contribution is -2.40. The number of carbonyl (C=O) groups is 1. The van der Waals surface area contributed by atoms with Crippen molar-refractivity contribution in [1.82, 2.24) is 4.90 Å². The summed E-state index contributed by atoms with van der Waals surface area (Å²) >= 11 is 9.19. The number of rotatable bonds is 3. The zero-order chi connectivity index (χ0) is 13.0. The molecule has 2 N–H and O–H groups in total. The van der Waals surface area contributed by atoms with E-state index in [-0.39, 0.29) is 18.7 Å². The van der Waals surface area contributed by atoms with E-state index in [1.54, 1.807) is 32.2 Å². The van der Waals surface area contributed by atoms with Gasteiger partial charge in [-0.3, -0.25) is 0 Å². The average Bonchev–Trinajstić information content (AvgIpc) is 2.31. The van der Waals surface area contributed by atoms with Crippen LogP contribution in [0, 0.1) is 0 Å². The molecule has 0 aromatic heterocycles. The zero-order valence-corrected chi connectivity index (χ0v) is 11.9. The van der Waals surface area contributed by atoms with Gasteiger partial charge in [-0.15, -0.1) is 0 Å². The van der Waals surface area contributed by atoms with E-state index in [4.69, 9.17) is 16.7 Å². The van der Waals surface area contributed by atoms with Gasteiger partial charge >= 0.3 is 6.03 Å². The summed E-state index contributed by atoms with van der Waals surface area (Å²) in [6.07, 6.45) is 0. The van der Waals surface area contributed by atoms with Crippen LogP contribution in [-0.2, 0) is 0 Å². The van der Waals surface area contributed by atoms with Gasteiger partial charge in [0.1, 0.15) is 0 Å². The summed E-state index contributed by atoms with van der Waals surface area (Å²) in [6.45, 7) is 1.68. The molecular weight excluding hydrogens is 307 g/mol. The van der Waals surface area contributed by atoms with E-state index >= 15 is 0 Å². The Balaban J connectivity index is 2.71. The van der Waals surface area contributed by atoms with Crippen molar-refractivity contribution in [3.8, 4) is 0 Å². The Morgan fingerprint density at radius 2 is 2.29 bits per heavy atom. The zero-order valence-electron chi connectivity index (χ0n) is 9.58. The van der Waals surface area contributed by atoms with Gasteiger partial charge in [0, 0.05) is 17.2 Å². The second-order valence-electron chi connectivity index (χ2n) is 3.70. The number of amides is 2. The highest BCUT2D eigenvalue weighted by Crippen LogP contribution is 2.25. The van der Waals surface area contributed by atoms with Crippen molar-refractivity contribution in [1.29, 1.82) is 0 Å². The summed E-state index contributed by atoms with van der Waals surface area (Å²) in [6, 6.07) is 4.63. The van der Waals surface area contributed by atoms with Gasteiger partial charge in [-0.1, -0.05) is 11.6 Å². The topological polar surface area (TPSA) is 52.6 Å². The highest BCUT2D eigenvalue weighted by atomic mass is 79.9. The SMILES string of the molecule is C[C@@H](CO)N(C)C(=O)Nc1ccc(Br)c(Cl)c1. The van der Waals surface area contributed by atoms with Crippen molar-refractivity contribution in [3.05, 3.63) is 27.7 Å². The monoisotopic (exact) mass is 320 g/mol. The number of hydrogen-bond donors (Lipinski definition) is 2. The maximum atomic E-state index is 11.8. The minimum absolute atomic E-state index is 0.0784. The van der Waals surface area contributed by atoms with Crippen molar-refractivity contribution < 1.29 is 9.90 Å². The molecule has 1 aromatic carbocycles. The van der Waals surface area contributed by atoms with Gasteiger partial charge in [-0.25, -0.2) is 4.79 Å². The smallest absolute Gasteiger partial charge is 0.321 e. The van der Waals surface area contributed by atoms with Crippen LogP contribution < -0.4 is 5.32 Å². The van der Waals surface area contributed by atoms with Crippen LogP contribution in [0.3, 0.4) is 0 Å². The summed E-state index contributed by atoms with van der Waals surface area (Å²) in [4.78, 5) is 13.2. The summed E-state index contributed by atoms with van der Waals surface area (Å²) in [5, 5.41) is 12.2. The first-order chi connectivity index (χ1) is 7.95. The summed E-state index contributed by atoms with van der Waals surface area (Å²) in [7, 11) is 1.62. The fourth-order valence-corrected chi connectivity index (χ4v) is 1.54. The van der Waals surface area contributed by atoms with Crippen LogP contribution in [0.1, 0.15) is 6.92 Å². The first kappa shape index (κ1) is 14.3. The highest BCUT2D eigenvalue weighted by molar-refractivity contribution is 9.10. The van der Waals surface area contributed by atoms with Gasteiger partial charge < -0.3 is 15.3 Å². The van der Waals surface area contributed by atoms with E-state index in [9.17, 15) is 4.79 Å². The predicted molar refractivity (Wildman–Crippen MR) is 72.5 cm³/mol. The van der Waals surface area contributed by atoms with E-state index in [2.05, 4.69) is 21.2 Å². The Hall–Kier alpha value is -0.780. The highest BCUT2D eigenvalue weighted by Gasteiger charge is 2.14. The van der Waals surface area contributed by atoms with Gasteiger partial charge in [-0.05, 0) is 41.1 Å². The quantitative estimate of drug-likeness (QED) is 0.899. The number of benzene rings is 1. The molecule has 17 heavy (non-hydrogen) atoms. The molecule has 0 saturated heterocycles. The molecule has 0 saturated carbocycles. The lowest BCUT2D eigenvalue weighted by Gasteiger charge is -2.23. The van der Waals surface area contributed by atoms with Gasteiger partial charge in [0.25, 0.3) is 0 Å². The molecule has 4 nitrogen and oxygen atoms in total. The molecule has 0 bridgehead atoms. The minimum Gasteiger partial charge on any atom is -0.394 e. The van der Waals surface area contributed by atoms with Crippen LogP contribution in [0.5, 0.6) is 0 Å². The van der Waals surface area contributed by atoms with Crippen molar-refractivity contribution in [2.24, 2.45) is 0 Å². The molecule has 0 aliphatic heterocycles. The molecule has 0 spiro atoms. The Morgan fingerprint density at radius 1 is 1.65 bits per heavy atom. The number of likely N-dealkylation sites (N-methyl/N-ethyl adjacent to an activating group) is 1. The van der Waals surface area contributed by atoms with Crippen molar-refractivity contribution in [2.45, 2.75) is 13.0 Å². The van der Waals surface area contributed by atoms with Crippen molar-refractivity contribution in [3.63, 3.8) is 0 Å². The van der Waals surface area contributed by atoms with Gasteiger partial charge in [0.2, 0.25) is 0 Å². The molecule has 1 atom stereocenters. The molecule has 0 aliphatic carbocycles. The molecule has 1 rings (SSSR count). The average molecular weight is 322 g/mol. The third-order valence-electron chi connectivity index (χ3n) is 2.42. The van der Waals surface area contributed by atoms with E-state index in [0.29, 0.717) is 10.7 Å². The number of urea groups is 1. The molecule has 6 heteroatoms. The number of halogens is 2. The standard InChI is InChI=1S/C11H14BrClN2O2/c1-7(6-16)15(2)11(17)14-8-3-4-9(12)10(13)5-8/h3-5,7,16H,6H2,1-2H3,(H,14,17)/t7-/m0/s1. The van der Waals surface area contributed by atoms with E-state index in [1.807, 2.05) is 0 Å². The molecule has 0 unspecified atom stereocenters. The van der Waals surface area contributed by atoms with E-state index < -0.39 is 0 Å². The molecule has 2 amide bonds. The number of hydrogen-bond acceptors (Lipinski definition) is 2. The van der Waals surface area contributed by atoms with Crippen LogP contribution >= 0.6 is 27.5 Å². The number of nitrogens with zero attached hydrogens (tertiary/aromatic N) is 1. The fourth-order valence-electron chi connectivity index (χ4n) is 1.11. The number of anilines is 1. The lowest BCUT2D eigenvalue weighted by atomic mass is 10.3. The molecular formula is C11H14BrClN2O2. The summed E-state index contributed by atoms with van der Waals surface area (Å²) in [5.74, 6) is 0. The molecule has 0 fully saturated rings. The molecule has 0 heterocycles. The third-order valence-corrected chi connectivity index (χ3v) is 3.65. The van der Waals surface area contributed by atoms with Crippen molar-refractivity contribution in [2.75, 3.05) is 19.0 Å². The Labute approximate surface area is 114 Å². The van der Waals surface area contributed by atoms with Crippen LogP contribution in [0.15, 0.2) is 22.7 Å². The number of aliphatic hydroxyl groups excluding tert-OH is 1. The lowest BCUT2D eigenvalue weighted by molar-refractivity contribution is 0.166. The first-order valence-electron chi connectivity index (χ1n) is 5.05. The second kappa shape index (κ2) is 6.23. The Bertz CT molecular complexity index is 414. The minimum atomic E-state index is -0.287. The Kier molecular flexibility index (Phi) is 5.24. The third kappa shape index (κ3) is 3.87. The second-order valence-corrected chi connectivity index (χ2v) is 4.96. The number of nitrogens with one attached hydrogen (secondary N) is 1. The van der Waals surface area contributed by atoms with E-state index in [1.165, 1.54) is 4.90 Å².